The molecule has 0 radical (unpaired) electrons. The van der Waals surface area contributed by atoms with Crippen molar-refractivity contribution in [3.05, 3.63) is 52.3 Å². The molecule has 5 nitrogen and oxygen atoms in total. The van der Waals surface area contributed by atoms with Crippen LogP contribution in [-0.4, -0.2) is 22.3 Å². The summed E-state index contributed by atoms with van der Waals surface area (Å²) in [6.45, 7) is 0. The summed E-state index contributed by atoms with van der Waals surface area (Å²) in [7, 11) is 0. The monoisotopic (exact) mass is 276 g/mol. The van der Waals surface area contributed by atoms with Crippen molar-refractivity contribution < 1.29 is 9.90 Å². The van der Waals surface area contributed by atoms with E-state index in [1.807, 2.05) is 24.5 Å². The fourth-order valence-electron chi connectivity index (χ4n) is 1.56. The third kappa shape index (κ3) is 3.38. The van der Waals surface area contributed by atoms with Gasteiger partial charge in [0.2, 0.25) is 0 Å². The van der Waals surface area contributed by atoms with E-state index in [0.29, 0.717) is 5.69 Å². The van der Waals surface area contributed by atoms with Crippen LogP contribution in [0.15, 0.2) is 46.1 Å². The highest BCUT2D eigenvalue weighted by Gasteiger charge is 2.08. The van der Waals surface area contributed by atoms with Crippen molar-refractivity contribution in [3.63, 3.8) is 0 Å². The molecule has 1 amide bonds. The van der Waals surface area contributed by atoms with E-state index in [2.05, 4.69) is 10.3 Å². The molecule has 6 heteroatoms. The van der Waals surface area contributed by atoms with E-state index >= 15 is 0 Å². The van der Waals surface area contributed by atoms with Crippen LogP contribution in [0.5, 0.6) is 5.88 Å². The smallest absolute Gasteiger partial charge is 0.256 e. The number of H-pyrrole nitrogens is 1. The van der Waals surface area contributed by atoms with Gasteiger partial charge in [0.1, 0.15) is 0 Å². The Labute approximate surface area is 113 Å². The quantitative estimate of drug-likeness (QED) is 0.749. The summed E-state index contributed by atoms with van der Waals surface area (Å²) in [5, 5.41) is 11.9. The number of aromatic nitrogens is 1. The Morgan fingerprint density at radius 2 is 2.11 bits per heavy atom. The van der Waals surface area contributed by atoms with Crippen LogP contribution in [0.1, 0.15) is 10.4 Å². The number of pyridine rings is 1. The highest BCUT2D eigenvalue weighted by molar-refractivity contribution is 7.98. The van der Waals surface area contributed by atoms with Crippen molar-refractivity contribution in [2.75, 3.05) is 11.6 Å². The number of benzene rings is 1. The maximum Gasteiger partial charge on any atom is 0.256 e. The molecule has 3 N–H and O–H groups in total. The van der Waals surface area contributed by atoms with E-state index in [0.717, 1.165) is 11.0 Å². The van der Waals surface area contributed by atoms with E-state index in [-0.39, 0.29) is 11.4 Å². The molecule has 1 aromatic heterocycles. The Bertz CT molecular complexity index is 667. The predicted molar refractivity (Wildman–Crippen MR) is 74.9 cm³/mol. The zero-order valence-electron chi connectivity index (χ0n) is 10.1. The van der Waals surface area contributed by atoms with Gasteiger partial charge in [-0.2, -0.15) is 0 Å². The number of carbonyl (C=O) groups excluding carboxylic acids is 1. The Kier molecular flexibility index (Phi) is 3.91. The van der Waals surface area contributed by atoms with E-state index in [9.17, 15) is 14.7 Å². The van der Waals surface area contributed by atoms with Gasteiger partial charge in [0, 0.05) is 22.7 Å². The predicted octanol–water partition coefficient (Wildman–Crippen LogP) is 2.05. The minimum Gasteiger partial charge on any atom is -0.494 e. The van der Waals surface area contributed by atoms with Gasteiger partial charge >= 0.3 is 0 Å². The maximum atomic E-state index is 11.9. The van der Waals surface area contributed by atoms with Gasteiger partial charge in [-0.3, -0.25) is 14.6 Å². The lowest BCUT2D eigenvalue weighted by molar-refractivity contribution is 0.102. The first-order valence-electron chi connectivity index (χ1n) is 5.47. The summed E-state index contributed by atoms with van der Waals surface area (Å²) in [4.78, 5) is 26.3. The second-order valence-electron chi connectivity index (χ2n) is 3.80. The number of amides is 1. The van der Waals surface area contributed by atoms with Gasteiger partial charge in [-0.1, -0.05) is 6.07 Å². The zero-order valence-corrected chi connectivity index (χ0v) is 11.0. The minimum atomic E-state index is -0.525. The Morgan fingerprint density at radius 3 is 2.79 bits per heavy atom. The number of nitrogens with one attached hydrogen (secondary N) is 2. The molecule has 0 fully saturated rings. The Hall–Kier alpha value is -2.21. The number of aromatic amines is 1. The highest BCUT2D eigenvalue weighted by atomic mass is 32.2. The molecule has 0 bridgehead atoms. The average Bonchev–Trinajstić information content (AvgIpc) is 2.37. The van der Waals surface area contributed by atoms with Gasteiger partial charge < -0.3 is 10.4 Å². The first-order valence-corrected chi connectivity index (χ1v) is 6.70. The van der Waals surface area contributed by atoms with Crippen LogP contribution in [0.3, 0.4) is 0 Å². The van der Waals surface area contributed by atoms with Gasteiger partial charge in [-0.15, -0.1) is 11.8 Å². The van der Waals surface area contributed by atoms with Crippen molar-refractivity contribution >= 4 is 23.4 Å². The van der Waals surface area contributed by atoms with Gasteiger partial charge in [-0.05, 0) is 24.5 Å². The lowest BCUT2D eigenvalue weighted by Crippen LogP contribution is -2.15. The molecule has 0 unspecified atom stereocenters. The number of rotatable bonds is 3. The standard InChI is InChI=1S/C13H12N2O3S/c1-19-10-4-2-3-9(7-10)14-13(18)8-5-11(16)15-12(17)6-8/h2-7H,1H3,(H,14,18)(H2,15,16,17). The van der Waals surface area contributed by atoms with Gasteiger partial charge in [0.05, 0.1) is 5.56 Å². The van der Waals surface area contributed by atoms with Crippen molar-refractivity contribution in [2.24, 2.45) is 0 Å². The second kappa shape index (κ2) is 5.62. The van der Waals surface area contributed by atoms with Crippen LogP contribution in [0.25, 0.3) is 0 Å². The van der Waals surface area contributed by atoms with E-state index in [1.54, 1.807) is 17.8 Å². The number of carbonyl (C=O) groups is 1. The molecule has 19 heavy (non-hydrogen) atoms. The molecule has 0 aliphatic rings. The lowest BCUT2D eigenvalue weighted by Gasteiger charge is -2.06. The molecule has 2 aromatic rings. The molecular weight excluding hydrogens is 264 g/mol. The average molecular weight is 276 g/mol. The van der Waals surface area contributed by atoms with Crippen molar-refractivity contribution in [1.29, 1.82) is 0 Å². The molecule has 0 aliphatic heterocycles. The molecule has 2 rings (SSSR count). The molecule has 0 aliphatic carbocycles. The van der Waals surface area contributed by atoms with Crippen LogP contribution in [0.2, 0.25) is 0 Å². The Balaban J connectivity index is 2.22. The molecule has 0 atom stereocenters. The normalized spacial score (nSPS) is 10.2. The molecule has 1 heterocycles. The van der Waals surface area contributed by atoms with Crippen LogP contribution in [0, 0.1) is 0 Å². The van der Waals surface area contributed by atoms with Gasteiger partial charge in [-0.25, -0.2) is 0 Å². The summed E-state index contributed by atoms with van der Waals surface area (Å²) < 4.78 is 0. The van der Waals surface area contributed by atoms with Gasteiger partial charge in [0.15, 0.2) is 5.88 Å². The van der Waals surface area contributed by atoms with Gasteiger partial charge in [0.25, 0.3) is 11.5 Å². The summed E-state index contributed by atoms with van der Waals surface area (Å²) in [5.74, 6) is -0.782. The molecular formula is C13H12N2O3S. The fourth-order valence-corrected chi connectivity index (χ4v) is 2.02. The number of thioether (sulfide) groups is 1. The van der Waals surface area contributed by atoms with Crippen LogP contribution < -0.4 is 10.9 Å². The minimum absolute atomic E-state index is 0.107. The molecule has 1 aromatic carbocycles. The Morgan fingerprint density at radius 1 is 1.32 bits per heavy atom. The molecule has 0 saturated carbocycles. The number of anilines is 1. The zero-order chi connectivity index (χ0) is 13.8. The first-order chi connectivity index (χ1) is 9.08. The summed E-state index contributed by atoms with van der Waals surface area (Å²) >= 11 is 1.56. The molecule has 98 valence electrons. The summed E-state index contributed by atoms with van der Waals surface area (Å²) in [6.07, 6.45) is 1.94. The largest absolute Gasteiger partial charge is 0.494 e. The highest BCUT2D eigenvalue weighted by Crippen LogP contribution is 2.19. The fraction of sp³-hybridized carbons (Fsp3) is 0.0769. The van der Waals surface area contributed by atoms with Crippen molar-refractivity contribution in [1.82, 2.24) is 4.98 Å². The summed E-state index contributed by atoms with van der Waals surface area (Å²) in [6, 6.07) is 9.68. The second-order valence-corrected chi connectivity index (χ2v) is 4.68. The number of aromatic hydroxyl groups is 1. The van der Waals surface area contributed by atoms with Crippen LogP contribution in [-0.2, 0) is 0 Å². The molecule has 0 spiro atoms. The number of hydrogen-bond acceptors (Lipinski definition) is 4. The summed E-state index contributed by atoms with van der Waals surface area (Å²) in [5.41, 5.74) is 0.218. The van der Waals surface area contributed by atoms with E-state index in [4.69, 9.17) is 0 Å². The number of hydrogen-bond donors (Lipinski definition) is 3. The SMILES string of the molecule is CSc1cccc(NC(=O)c2cc(O)[nH]c(=O)c2)c1. The van der Waals surface area contributed by atoms with Crippen molar-refractivity contribution in [3.8, 4) is 5.88 Å². The topological polar surface area (TPSA) is 82.2 Å². The third-order valence-corrected chi connectivity index (χ3v) is 3.15. The van der Waals surface area contributed by atoms with Crippen LogP contribution in [0.4, 0.5) is 5.69 Å². The third-order valence-electron chi connectivity index (χ3n) is 2.42. The van der Waals surface area contributed by atoms with Crippen molar-refractivity contribution in [2.45, 2.75) is 4.90 Å². The maximum absolute atomic E-state index is 11.9. The van der Waals surface area contributed by atoms with E-state index in [1.165, 1.54) is 6.07 Å². The molecule has 0 saturated heterocycles. The lowest BCUT2D eigenvalue weighted by atomic mass is 10.2. The first kappa shape index (κ1) is 13.2. The van der Waals surface area contributed by atoms with E-state index < -0.39 is 11.5 Å². The van der Waals surface area contributed by atoms with Crippen LogP contribution >= 0.6 is 11.8 Å².